The summed E-state index contributed by atoms with van der Waals surface area (Å²) in [4.78, 5) is 0.0388. The minimum Gasteiger partial charge on any atom is -0.313 e. The number of hydrogen-bond donors (Lipinski definition) is 1. The van der Waals surface area contributed by atoms with E-state index in [2.05, 4.69) is 5.32 Å². The third-order valence-electron chi connectivity index (χ3n) is 2.84. The maximum Gasteiger partial charge on any atom is 0.139 e. The molecule has 0 spiro atoms. The first-order valence-electron chi connectivity index (χ1n) is 5.18. The molecule has 5 heteroatoms. The molecular formula is C11H13F2NOS. The second-order valence-electron chi connectivity index (χ2n) is 3.81. The lowest BCUT2D eigenvalue weighted by Crippen LogP contribution is -2.18. The Bertz CT molecular complexity index is 436. The summed E-state index contributed by atoms with van der Waals surface area (Å²) in [5.41, 5.74) is 0.235. The summed E-state index contributed by atoms with van der Waals surface area (Å²) in [7, 11) is 0.270. The fraction of sp³-hybridized carbons (Fsp3) is 0.455. The Morgan fingerprint density at radius 2 is 2.06 bits per heavy atom. The average molecular weight is 245 g/mol. The number of rotatable bonds is 1. The van der Waals surface area contributed by atoms with Crippen molar-refractivity contribution < 1.29 is 13.0 Å². The Hall–Kier alpha value is -0.810. The van der Waals surface area contributed by atoms with Gasteiger partial charge in [0.15, 0.2) is 0 Å². The number of fused-ring (bicyclic) bond motifs is 1. The Morgan fingerprint density at radius 3 is 2.75 bits per heavy atom. The number of halogens is 2. The van der Waals surface area contributed by atoms with Gasteiger partial charge in [-0.15, -0.1) is 0 Å². The minimum absolute atomic E-state index is 0.0388. The van der Waals surface area contributed by atoms with Gasteiger partial charge >= 0.3 is 0 Å². The molecule has 1 aliphatic heterocycles. The Morgan fingerprint density at radius 1 is 1.38 bits per heavy atom. The van der Waals surface area contributed by atoms with Gasteiger partial charge in [0.25, 0.3) is 0 Å². The standard InChI is InChI=1S/C11H13F2NOS/c1-14-9-3-2-6-16(15)11-8(13)5-4-7(12)10(9)11/h4-5,9,14H,2-3,6H2,1H3. The predicted octanol–water partition coefficient (Wildman–Crippen LogP) is 2.13. The predicted molar refractivity (Wildman–Crippen MR) is 58.7 cm³/mol. The first kappa shape index (κ1) is 11.7. The van der Waals surface area contributed by atoms with Crippen molar-refractivity contribution in [1.29, 1.82) is 0 Å². The van der Waals surface area contributed by atoms with Crippen LogP contribution < -0.4 is 5.32 Å². The lowest BCUT2D eigenvalue weighted by molar-refractivity contribution is 0.486. The van der Waals surface area contributed by atoms with Crippen LogP contribution in [0.1, 0.15) is 24.4 Å². The maximum absolute atomic E-state index is 13.7. The monoisotopic (exact) mass is 245 g/mol. The smallest absolute Gasteiger partial charge is 0.139 e. The summed E-state index contributed by atoms with van der Waals surface area (Å²) >= 11 is 0. The van der Waals surface area contributed by atoms with Crippen molar-refractivity contribution in [3.8, 4) is 0 Å². The minimum atomic E-state index is -1.43. The molecule has 1 heterocycles. The summed E-state index contributed by atoms with van der Waals surface area (Å²) in [5.74, 6) is -0.658. The van der Waals surface area contributed by atoms with Crippen LogP contribution in [0.3, 0.4) is 0 Å². The van der Waals surface area contributed by atoms with Gasteiger partial charge in [-0.2, -0.15) is 0 Å². The quantitative estimate of drug-likeness (QED) is 0.821. The summed E-state index contributed by atoms with van der Waals surface area (Å²) in [6.45, 7) is 0. The van der Waals surface area contributed by atoms with Gasteiger partial charge < -0.3 is 5.32 Å². The summed E-state index contributed by atoms with van der Waals surface area (Å²) in [6.07, 6.45) is 1.38. The van der Waals surface area contributed by atoms with Crippen LogP contribution in [0.4, 0.5) is 8.78 Å². The van der Waals surface area contributed by atoms with E-state index < -0.39 is 22.4 Å². The Kier molecular flexibility index (Phi) is 3.35. The third-order valence-corrected chi connectivity index (χ3v) is 4.37. The van der Waals surface area contributed by atoms with Gasteiger partial charge in [0.1, 0.15) is 11.6 Å². The maximum atomic E-state index is 13.7. The molecule has 1 aliphatic rings. The van der Waals surface area contributed by atoms with E-state index in [1.807, 2.05) is 0 Å². The zero-order valence-electron chi connectivity index (χ0n) is 8.93. The second-order valence-corrected chi connectivity index (χ2v) is 5.31. The van der Waals surface area contributed by atoms with E-state index in [4.69, 9.17) is 0 Å². The van der Waals surface area contributed by atoms with Gasteiger partial charge in [-0.1, -0.05) is 0 Å². The lowest BCUT2D eigenvalue weighted by atomic mass is 10.0. The fourth-order valence-corrected chi connectivity index (χ4v) is 3.46. The SMILES string of the molecule is CNC1CCCS(=O)c2c(F)ccc(F)c21. The molecular weight excluding hydrogens is 232 g/mol. The van der Waals surface area contributed by atoms with Crippen LogP contribution >= 0.6 is 0 Å². The van der Waals surface area contributed by atoms with E-state index in [1.165, 1.54) is 0 Å². The normalized spacial score (nSPS) is 24.9. The molecule has 0 saturated carbocycles. The molecule has 1 aromatic carbocycles. The molecule has 1 N–H and O–H groups in total. The first-order valence-corrected chi connectivity index (χ1v) is 6.50. The molecule has 0 bridgehead atoms. The summed E-state index contributed by atoms with van der Waals surface area (Å²) in [5, 5.41) is 2.95. The van der Waals surface area contributed by atoms with E-state index in [0.29, 0.717) is 18.6 Å². The van der Waals surface area contributed by atoms with Crippen molar-refractivity contribution in [2.75, 3.05) is 12.8 Å². The lowest BCUT2D eigenvalue weighted by Gasteiger charge is -2.17. The van der Waals surface area contributed by atoms with Crippen LogP contribution in [-0.4, -0.2) is 17.0 Å². The van der Waals surface area contributed by atoms with E-state index in [0.717, 1.165) is 12.1 Å². The summed E-state index contributed by atoms with van der Waals surface area (Å²) < 4.78 is 39.1. The van der Waals surface area contributed by atoms with Gasteiger partial charge in [-0.3, -0.25) is 4.21 Å². The fourth-order valence-electron chi connectivity index (χ4n) is 2.06. The van der Waals surface area contributed by atoms with Gasteiger partial charge in [0, 0.05) is 17.4 Å². The molecule has 0 radical (unpaired) electrons. The molecule has 2 rings (SSSR count). The Balaban J connectivity index is 2.65. The van der Waals surface area contributed by atoms with Crippen molar-refractivity contribution in [3.05, 3.63) is 29.3 Å². The van der Waals surface area contributed by atoms with E-state index in [9.17, 15) is 13.0 Å². The van der Waals surface area contributed by atoms with Crippen molar-refractivity contribution >= 4 is 10.8 Å². The average Bonchev–Trinajstić information content (AvgIpc) is 2.43. The van der Waals surface area contributed by atoms with E-state index in [-0.39, 0.29) is 16.5 Å². The molecule has 2 unspecified atom stereocenters. The highest BCUT2D eigenvalue weighted by atomic mass is 32.2. The topological polar surface area (TPSA) is 29.1 Å². The van der Waals surface area contributed by atoms with Crippen LogP contribution in [0, 0.1) is 11.6 Å². The van der Waals surface area contributed by atoms with Gasteiger partial charge in [-0.25, -0.2) is 8.78 Å². The molecule has 88 valence electrons. The van der Waals surface area contributed by atoms with E-state index in [1.54, 1.807) is 7.05 Å². The second kappa shape index (κ2) is 4.59. The zero-order valence-corrected chi connectivity index (χ0v) is 9.74. The Labute approximate surface area is 95.5 Å². The number of benzene rings is 1. The van der Waals surface area contributed by atoms with Crippen molar-refractivity contribution in [2.24, 2.45) is 0 Å². The van der Waals surface area contributed by atoms with Gasteiger partial charge in [0.2, 0.25) is 0 Å². The zero-order chi connectivity index (χ0) is 11.7. The molecule has 0 aromatic heterocycles. The van der Waals surface area contributed by atoms with E-state index >= 15 is 0 Å². The highest BCUT2D eigenvalue weighted by Crippen LogP contribution is 2.32. The van der Waals surface area contributed by atoms with Crippen LogP contribution in [0.5, 0.6) is 0 Å². The van der Waals surface area contributed by atoms with Gasteiger partial charge in [-0.05, 0) is 32.0 Å². The molecule has 0 saturated heterocycles. The molecule has 1 aromatic rings. The van der Waals surface area contributed by atoms with Gasteiger partial charge in [0.05, 0.1) is 15.7 Å². The van der Waals surface area contributed by atoms with Crippen LogP contribution in [0.2, 0.25) is 0 Å². The highest BCUT2D eigenvalue weighted by Gasteiger charge is 2.27. The van der Waals surface area contributed by atoms with Crippen molar-refractivity contribution in [1.82, 2.24) is 5.32 Å². The van der Waals surface area contributed by atoms with Crippen molar-refractivity contribution in [2.45, 2.75) is 23.8 Å². The van der Waals surface area contributed by atoms with Crippen LogP contribution in [0.25, 0.3) is 0 Å². The first-order chi connectivity index (χ1) is 7.65. The molecule has 16 heavy (non-hydrogen) atoms. The molecule has 0 fully saturated rings. The van der Waals surface area contributed by atoms with Crippen LogP contribution in [-0.2, 0) is 10.8 Å². The molecule has 0 amide bonds. The van der Waals surface area contributed by atoms with Crippen LogP contribution in [0.15, 0.2) is 17.0 Å². The number of nitrogens with one attached hydrogen (secondary N) is 1. The molecule has 2 atom stereocenters. The molecule has 2 nitrogen and oxygen atoms in total. The molecule has 0 aliphatic carbocycles. The summed E-state index contributed by atoms with van der Waals surface area (Å²) in [6, 6.07) is 1.89. The largest absolute Gasteiger partial charge is 0.313 e. The van der Waals surface area contributed by atoms with Crippen molar-refractivity contribution in [3.63, 3.8) is 0 Å². The third kappa shape index (κ3) is 1.89. The number of hydrogen-bond acceptors (Lipinski definition) is 2. The highest BCUT2D eigenvalue weighted by molar-refractivity contribution is 7.85.